The molecule has 0 unspecified atom stereocenters. The smallest absolute Gasteiger partial charge is 0.416 e. The number of rotatable bonds is 36. The number of imidazole rings is 1. The van der Waals surface area contributed by atoms with Gasteiger partial charge < -0.3 is 72.4 Å². The van der Waals surface area contributed by atoms with Gasteiger partial charge in [0.15, 0.2) is 5.79 Å². The maximum Gasteiger partial charge on any atom is 0.416 e. The van der Waals surface area contributed by atoms with Gasteiger partial charge in [-0.05, 0) is 99.9 Å². The third-order valence-corrected chi connectivity index (χ3v) is 15.0. The highest BCUT2D eigenvalue weighted by Crippen LogP contribution is 2.55. The maximum absolute atomic E-state index is 14.2. The van der Waals surface area contributed by atoms with E-state index in [2.05, 4.69) is 32.4 Å². The van der Waals surface area contributed by atoms with E-state index in [4.69, 9.17) is 56.8 Å². The Kier molecular flexibility index (Phi) is 25.4. The number of pyridine rings is 1. The van der Waals surface area contributed by atoms with Crippen LogP contribution in [0.5, 0.6) is 5.75 Å². The molecule has 4 fully saturated rings. The first-order valence-electron chi connectivity index (χ1n) is 29.2. The number of likely N-dealkylation sites (N-methyl/N-ethyl adjacent to an activating group) is 1. The molecule has 8 rings (SSSR count). The minimum atomic E-state index is -4.58. The Balaban J connectivity index is 0.566. The quantitative estimate of drug-likeness (QED) is 0.0405. The molecule has 2 N–H and O–H groups in total. The second-order valence-electron chi connectivity index (χ2n) is 21.6. The van der Waals surface area contributed by atoms with Gasteiger partial charge in [-0.15, -0.1) is 0 Å². The molecule has 2 aliphatic heterocycles. The van der Waals surface area contributed by atoms with Crippen LogP contribution in [0.1, 0.15) is 65.0 Å². The first-order chi connectivity index (χ1) is 40.7. The molecule has 84 heavy (non-hydrogen) atoms. The molecule has 2 amide bonds. The van der Waals surface area contributed by atoms with Crippen molar-refractivity contribution in [1.29, 1.82) is 0 Å². The highest BCUT2D eigenvalue weighted by molar-refractivity contribution is 6.04. The first kappa shape index (κ1) is 64.7. The van der Waals surface area contributed by atoms with Crippen LogP contribution >= 0.6 is 0 Å². The lowest BCUT2D eigenvalue weighted by Gasteiger charge is -2.33. The number of nitrogens with one attached hydrogen (secondary N) is 2. The largest absolute Gasteiger partial charge is 0.491 e. The van der Waals surface area contributed by atoms with Gasteiger partial charge in [-0.2, -0.15) is 13.2 Å². The number of aromatic nitrogens is 2. The molecular weight excluding hydrogens is 1100 g/mol. The second-order valence-corrected chi connectivity index (χ2v) is 21.6. The van der Waals surface area contributed by atoms with Crippen molar-refractivity contribution < 1.29 is 79.6 Å². The summed E-state index contributed by atoms with van der Waals surface area (Å²) in [6.07, 6.45) is 0.895. The molecular formula is C61H83F3N6O14. The number of ether oxygens (including phenoxy) is 12. The molecule has 20 nitrogen and oxygen atoms in total. The minimum absolute atomic E-state index is 0.0135. The molecule has 2 bridgehead atoms. The van der Waals surface area contributed by atoms with E-state index in [1.54, 1.807) is 36.5 Å². The lowest BCUT2D eigenvalue weighted by Crippen LogP contribution is -2.44. The van der Waals surface area contributed by atoms with E-state index in [1.807, 2.05) is 43.3 Å². The standard InChI is InChI=1S/C61H83F3N6O14/c1-44-5-6-46(58(71)67-49-9-7-47(54(40-49)61(62,63)64)43-69-16-14-68(4)15-17-69)37-45(44)8-10-50-42-66-55-41-51(11-13-70(50)55)82-36-35-81-34-33-80-32-31-79-30-29-78-28-27-77-26-25-76-24-23-75-22-21-74-20-19-73-18-12-65-59(72)53-39-48-38-52(53)57-56(48)83-60(2,3)84-57/h5-7,9,11,13,37,40-42,48,52-53,56-57H,12,14-36,38-39,43H2,1-4H3,(H,65,72)(H,67,71)/t48-,52+,53-,56-,57+/m0/s1. The Morgan fingerprint density at radius 3 is 1.86 bits per heavy atom. The molecule has 2 aromatic carbocycles. The van der Waals surface area contributed by atoms with E-state index in [-0.39, 0.29) is 53.3 Å². The number of amides is 2. The summed E-state index contributed by atoms with van der Waals surface area (Å²) < 4.78 is 113. The Morgan fingerprint density at radius 2 is 1.26 bits per heavy atom. The zero-order chi connectivity index (χ0) is 59.2. The lowest BCUT2D eigenvalue weighted by molar-refractivity contribution is -0.158. The van der Waals surface area contributed by atoms with Crippen molar-refractivity contribution in [2.45, 2.75) is 64.3 Å². The molecule has 5 atom stereocenters. The van der Waals surface area contributed by atoms with Crippen LogP contribution in [0, 0.1) is 36.5 Å². The number of nitrogens with zero attached hydrogens (tertiary/aromatic N) is 4. The van der Waals surface area contributed by atoms with Gasteiger partial charge in [-0.3, -0.25) is 18.9 Å². The topological polar surface area (TPSA) is 193 Å². The Bertz CT molecular complexity index is 2750. The van der Waals surface area contributed by atoms with Crippen LogP contribution in [0.2, 0.25) is 0 Å². The van der Waals surface area contributed by atoms with E-state index in [1.165, 1.54) is 12.1 Å². The van der Waals surface area contributed by atoms with Crippen molar-refractivity contribution in [3.8, 4) is 17.6 Å². The number of hydrogen-bond acceptors (Lipinski definition) is 17. The first-order valence-corrected chi connectivity index (χ1v) is 29.2. The summed E-state index contributed by atoms with van der Waals surface area (Å²) >= 11 is 0. The Morgan fingerprint density at radius 1 is 0.690 bits per heavy atom. The maximum atomic E-state index is 14.2. The molecule has 0 radical (unpaired) electrons. The summed E-state index contributed by atoms with van der Waals surface area (Å²) in [7, 11) is 2.00. The molecule has 0 spiro atoms. The summed E-state index contributed by atoms with van der Waals surface area (Å²) in [6.45, 7) is 17.7. The van der Waals surface area contributed by atoms with Crippen LogP contribution in [-0.4, -0.2) is 214 Å². The molecule has 2 aromatic heterocycles. The lowest BCUT2D eigenvalue weighted by atomic mass is 9.84. The van der Waals surface area contributed by atoms with Crippen LogP contribution in [0.25, 0.3) is 5.65 Å². The van der Waals surface area contributed by atoms with E-state index < -0.39 is 23.4 Å². The van der Waals surface area contributed by atoms with Gasteiger partial charge in [0.05, 0.1) is 143 Å². The van der Waals surface area contributed by atoms with Crippen molar-refractivity contribution >= 4 is 23.1 Å². The monoisotopic (exact) mass is 1180 g/mol. The molecule has 2 aliphatic carbocycles. The molecule has 23 heteroatoms. The van der Waals surface area contributed by atoms with Crippen LogP contribution in [0.3, 0.4) is 0 Å². The van der Waals surface area contributed by atoms with Gasteiger partial charge in [-0.1, -0.05) is 18.1 Å². The predicted octanol–water partition coefficient (Wildman–Crippen LogP) is 5.88. The number of fused-ring (bicyclic) bond motifs is 6. The second kappa shape index (κ2) is 33.0. The van der Waals surface area contributed by atoms with Crippen LogP contribution in [0.15, 0.2) is 60.9 Å². The molecule has 4 heterocycles. The molecule has 2 saturated carbocycles. The van der Waals surface area contributed by atoms with E-state index in [0.717, 1.165) is 37.6 Å². The SMILES string of the molecule is Cc1ccc(C(=O)Nc2ccc(CN3CCN(C)CC3)c(C(F)(F)F)c2)cc1C#Cc1cnc2cc(OCCOCCOCCOCCOCCOCCOCCOCCOCCOCCNC(=O)[C@H]3C[C@@H]4C[C@H]3[C@H]3OC(C)(C)O[C@@H]43)ccn12. The van der Waals surface area contributed by atoms with Crippen molar-refractivity contribution in [3.05, 3.63) is 94.4 Å². The fourth-order valence-electron chi connectivity index (χ4n) is 10.7. The van der Waals surface area contributed by atoms with Crippen molar-refractivity contribution in [3.63, 3.8) is 0 Å². The molecule has 4 aliphatic rings. The van der Waals surface area contributed by atoms with Crippen molar-refractivity contribution in [1.82, 2.24) is 24.5 Å². The van der Waals surface area contributed by atoms with E-state index >= 15 is 0 Å². The van der Waals surface area contributed by atoms with Crippen LogP contribution in [-0.2, 0) is 69.6 Å². The van der Waals surface area contributed by atoms with Crippen molar-refractivity contribution in [2.75, 3.05) is 171 Å². The number of halogens is 3. The number of hydrogen-bond donors (Lipinski definition) is 2. The fourth-order valence-corrected chi connectivity index (χ4v) is 10.7. The third-order valence-electron chi connectivity index (χ3n) is 15.0. The number of carbonyl (C=O) groups is 2. The number of carbonyl (C=O) groups excluding carboxylic acids is 2. The van der Waals surface area contributed by atoms with Gasteiger partial charge in [0.25, 0.3) is 5.91 Å². The van der Waals surface area contributed by atoms with Gasteiger partial charge in [0, 0.05) is 74.3 Å². The number of piperazine rings is 1. The average molecular weight is 1180 g/mol. The number of benzene rings is 2. The third kappa shape index (κ3) is 20.1. The summed E-state index contributed by atoms with van der Waals surface area (Å²) in [5.41, 5.74) is 2.40. The van der Waals surface area contributed by atoms with Crippen LogP contribution in [0.4, 0.5) is 18.9 Å². The van der Waals surface area contributed by atoms with Crippen LogP contribution < -0.4 is 15.4 Å². The Hall–Kier alpha value is -5.30. The number of anilines is 1. The van der Waals surface area contributed by atoms with Gasteiger partial charge >= 0.3 is 6.18 Å². The van der Waals surface area contributed by atoms with Crippen molar-refractivity contribution in [2.24, 2.45) is 17.8 Å². The van der Waals surface area contributed by atoms with E-state index in [9.17, 15) is 22.8 Å². The average Bonchev–Trinajstić information content (AvgIpc) is 2.52. The van der Waals surface area contributed by atoms with Gasteiger partial charge in [0.1, 0.15) is 23.7 Å². The Labute approximate surface area is 490 Å². The molecule has 2 saturated heterocycles. The zero-order valence-electron chi connectivity index (χ0n) is 48.9. The van der Waals surface area contributed by atoms with Gasteiger partial charge in [0.2, 0.25) is 5.91 Å². The molecule has 4 aromatic rings. The highest BCUT2D eigenvalue weighted by Gasteiger charge is 2.61. The minimum Gasteiger partial charge on any atom is -0.491 e. The summed E-state index contributed by atoms with van der Waals surface area (Å²) in [5.74, 6) is 6.48. The molecule has 462 valence electrons. The zero-order valence-corrected chi connectivity index (χ0v) is 48.9. The summed E-state index contributed by atoms with van der Waals surface area (Å²) in [5, 5.41) is 5.67. The van der Waals surface area contributed by atoms with Gasteiger partial charge in [-0.25, -0.2) is 4.98 Å². The normalized spacial score (nSPS) is 20.3. The fraction of sp³-hybridized carbons (Fsp3) is 0.623. The predicted molar refractivity (Wildman–Crippen MR) is 304 cm³/mol. The highest BCUT2D eigenvalue weighted by atomic mass is 19.4. The number of aryl methyl sites for hydroxylation is 1. The number of alkyl halides is 3. The summed E-state index contributed by atoms with van der Waals surface area (Å²) in [6, 6.07) is 12.6. The van der Waals surface area contributed by atoms with E-state index in [0.29, 0.717) is 174 Å². The summed E-state index contributed by atoms with van der Waals surface area (Å²) in [4.78, 5) is 34.8.